The number of fused-ring (bicyclic) bond motifs is 6. The third-order valence-corrected chi connectivity index (χ3v) is 9.97. The standard InChI is InChI=1S/C27H35NO2/c1-26-13-11-19(29)15-18(26)7-8-20-21-9-10-24(27(21,2)16-23(30)25(20)26)28-14-12-17-5-3-4-6-22(17)28/h3-6,10,12,14,18-21,23,25,29-30H,7-9,11,13,15-16H2,1-2H3/t18-,19-,20?,21?,23?,25?,26+,27+/m1/s1. The van der Waals surface area contributed by atoms with Crippen LogP contribution in [-0.4, -0.2) is 27.0 Å². The Kier molecular flexibility index (Phi) is 4.12. The zero-order valence-corrected chi connectivity index (χ0v) is 18.3. The molecule has 4 unspecified atom stereocenters. The number of aromatic nitrogens is 1. The van der Waals surface area contributed by atoms with Crippen molar-refractivity contribution in [3.8, 4) is 0 Å². The van der Waals surface area contributed by atoms with Crippen LogP contribution in [0.3, 0.4) is 0 Å². The molecule has 0 radical (unpaired) electrons. The molecule has 2 aromatic rings. The first-order valence-corrected chi connectivity index (χ1v) is 12.0. The van der Waals surface area contributed by atoms with Crippen molar-refractivity contribution in [2.75, 3.05) is 0 Å². The van der Waals surface area contributed by atoms with Crippen molar-refractivity contribution in [1.29, 1.82) is 0 Å². The molecule has 0 aliphatic heterocycles. The maximum atomic E-state index is 11.6. The number of nitrogens with zero attached hydrogens (tertiary/aromatic N) is 1. The number of allylic oxidation sites excluding steroid dienone is 2. The Bertz CT molecular complexity index is 1010. The van der Waals surface area contributed by atoms with Gasteiger partial charge in [0.05, 0.1) is 17.7 Å². The van der Waals surface area contributed by atoms with E-state index < -0.39 is 0 Å². The predicted octanol–water partition coefficient (Wildman–Crippen LogP) is 5.47. The first kappa shape index (κ1) is 19.1. The smallest absolute Gasteiger partial charge is 0.0585 e. The second-order valence-corrected chi connectivity index (χ2v) is 11.3. The number of para-hydroxylation sites is 1. The zero-order valence-electron chi connectivity index (χ0n) is 18.3. The monoisotopic (exact) mass is 405 g/mol. The van der Waals surface area contributed by atoms with E-state index in [4.69, 9.17) is 0 Å². The van der Waals surface area contributed by atoms with Gasteiger partial charge in [0.25, 0.3) is 0 Å². The minimum Gasteiger partial charge on any atom is -0.393 e. The molecule has 2 N–H and O–H groups in total. The van der Waals surface area contributed by atoms with Crippen LogP contribution in [0.15, 0.2) is 42.6 Å². The van der Waals surface area contributed by atoms with Crippen molar-refractivity contribution in [2.45, 2.75) is 71.0 Å². The highest BCUT2D eigenvalue weighted by Gasteiger charge is 2.61. The van der Waals surface area contributed by atoms with Gasteiger partial charge in [-0.1, -0.05) is 38.1 Å². The number of aliphatic hydroxyl groups excluding tert-OH is 2. The fraction of sp³-hybridized carbons (Fsp3) is 0.630. The van der Waals surface area contributed by atoms with Gasteiger partial charge >= 0.3 is 0 Å². The lowest BCUT2D eigenvalue weighted by atomic mass is 9.44. The molecule has 1 aromatic heterocycles. The van der Waals surface area contributed by atoms with Gasteiger partial charge in [0.15, 0.2) is 0 Å². The van der Waals surface area contributed by atoms with Gasteiger partial charge in [-0.25, -0.2) is 0 Å². The fourth-order valence-electron chi connectivity index (χ4n) is 8.58. The summed E-state index contributed by atoms with van der Waals surface area (Å²) in [4.78, 5) is 0. The van der Waals surface area contributed by atoms with Crippen molar-refractivity contribution in [3.05, 3.63) is 42.6 Å². The molecule has 3 nitrogen and oxygen atoms in total. The summed E-state index contributed by atoms with van der Waals surface area (Å²) in [5.74, 6) is 2.16. The van der Waals surface area contributed by atoms with Crippen LogP contribution >= 0.6 is 0 Å². The summed E-state index contributed by atoms with van der Waals surface area (Å²) in [6.07, 6.45) is 11.7. The maximum absolute atomic E-state index is 11.6. The Morgan fingerprint density at radius 2 is 1.87 bits per heavy atom. The van der Waals surface area contributed by atoms with E-state index in [9.17, 15) is 10.2 Å². The highest BCUT2D eigenvalue weighted by atomic mass is 16.3. The summed E-state index contributed by atoms with van der Waals surface area (Å²) in [6, 6.07) is 10.9. The van der Waals surface area contributed by atoms with Gasteiger partial charge in [0.2, 0.25) is 0 Å². The van der Waals surface area contributed by atoms with Gasteiger partial charge in [0.1, 0.15) is 0 Å². The summed E-state index contributed by atoms with van der Waals surface area (Å²) < 4.78 is 2.40. The molecular formula is C27H35NO2. The Balaban J connectivity index is 1.37. The van der Waals surface area contributed by atoms with E-state index >= 15 is 0 Å². The fourth-order valence-corrected chi connectivity index (χ4v) is 8.58. The predicted molar refractivity (Wildman–Crippen MR) is 121 cm³/mol. The summed E-state index contributed by atoms with van der Waals surface area (Å²) in [7, 11) is 0. The highest BCUT2D eigenvalue weighted by molar-refractivity contribution is 5.84. The Morgan fingerprint density at radius 3 is 2.73 bits per heavy atom. The average molecular weight is 406 g/mol. The van der Waals surface area contributed by atoms with Gasteiger partial charge in [-0.3, -0.25) is 0 Å². The third kappa shape index (κ3) is 2.45. The van der Waals surface area contributed by atoms with Crippen LogP contribution in [-0.2, 0) is 0 Å². The number of hydrogen-bond donors (Lipinski definition) is 2. The Hall–Kier alpha value is -1.58. The van der Waals surface area contributed by atoms with E-state index in [1.165, 1.54) is 29.4 Å². The number of rotatable bonds is 1. The quantitative estimate of drug-likeness (QED) is 0.661. The molecule has 8 atom stereocenters. The minimum atomic E-state index is -0.248. The van der Waals surface area contributed by atoms with Gasteiger partial charge < -0.3 is 14.8 Å². The van der Waals surface area contributed by atoms with Crippen molar-refractivity contribution in [2.24, 2.45) is 34.5 Å². The molecule has 0 bridgehead atoms. The summed E-state index contributed by atoms with van der Waals surface area (Å²) >= 11 is 0. The zero-order chi connectivity index (χ0) is 20.7. The molecule has 1 aromatic carbocycles. The molecule has 3 heteroatoms. The van der Waals surface area contributed by atoms with Crippen molar-refractivity contribution < 1.29 is 10.2 Å². The van der Waals surface area contributed by atoms with Gasteiger partial charge in [0, 0.05) is 17.3 Å². The molecule has 0 saturated heterocycles. The molecule has 1 heterocycles. The van der Waals surface area contributed by atoms with Crippen LogP contribution in [0.1, 0.15) is 58.8 Å². The van der Waals surface area contributed by atoms with E-state index in [-0.39, 0.29) is 23.0 Å². The second kappa shape index (κ2) is 6.46. The van der Waals surface area contributed by atoms with Crippen LogP contribution in [0.5, 0.6) is 0 Å². The molecule has 6 rings (SSSR count). The van der Waals surface area contributed by atoms with Crippen LogP contribution < -0.4 is 0 Å². The molecule has 3 fully saturated rings. The van der Waals surface area contributed by atoms with Crippen molar-refractivity contribution in [1.82, 2.24) is 4.57 Å². The average Bonchev–Trinajstić information content (AvgIpc) is 3.28. The van der Waals surface area contributed by atoms with Crippen LogP contribution in [0.25, 0.3) is 16.6 Å². The van der Waals surface area contributed by atoms with Crippen LogP contribution in [0.4, 0.5) is 0 Å². The Labute approximate surface area is 179 Å². The molecule has 30 heavy (non-hydrogen) atoms. The lowest BCUT2D eigenvalue weighted by Gasteiger charge is -2.62. The lowest BCUT2D eigenvalue weighted by Crippen LogP contribution is -2.58. The van der Waals surface area contributed by atoms with Crippen molar-refractivity contribution in [3.63, 3.8) is 0 Å². The van der Waals surface area contributed by atoms with E-state index in [1.54, 1.807) is 0 Å². The molecule has 0 amide bonds. The van der Waals surface area contributed by atoms with Gasteiger partial charge in [-0.2, -0.15) is 0 Å². The molecule has 4 aliphatic rings. The lowest BCUT2D eigenvalue weighted by molar-refractivity contribution is -0.166. The van der Waals surface area contributed by atoms with Gasteiger partial charge in [-0.15, -0.1) is 0 Å². The van der Waals surface area contributed by atoms with E-state index in [1.807, 2.05) is 0 Å². The maximum Gasteiger partial charge on any atom is 0.0585 e. The highest BCUT2D eigenvalue weighted by Crippen LogP contribution is 2.67. The van der Waals surface area contributed by atoms with Gasteiger partial charge in [-0.05, 0) is 91.6 Å². The number of benzene rings is 1. The number of aliphatic hydroxyl groups is 2. The van der Waals surface area contributed by atoms with Crippen molar-refractivity contribution >= 4 is 16.6 Å². The summed E-state index contributed by atoms with van der Waals surface area (Å²) in [6.45, 7) is 4.86. The molecule has 160 valence electrons. The van der Waals surface area contributed by atoms with E-state index in [2.05, 4.69) is 61.0 Å². The summed E-state index contributed by atoms with van der Waals surface area (Å²) in [5.41, 5.74) is 2.89. The summed E-state index contributed by atoms with van der Waals surface area (Å²) in [5, 5.41) is 23.2. The minimum absolute atomic E-state index is 0.0275. The second-order valence-electron chi connectivity index (χ2n) is 11.3. The molecule has 4 aliphatic carbocycles. The largest absolute Gasteiger partial charge is 0.393 e. The SMILES string of the molecule is C[C@]12CC(O)C3C(CC[C@@H]4C[C@H](O)CC[C@]34C)C1CC=C2n1ccc2ccccc21. The molecule has 3 saturated carbocycles. The number of hydrogen-bond acceptors (Lipinski definition) is 2. The first-order valence-electron chi connectivity index (χ1n) is 12.0. The third-order valence-electron chi connectivity index (χ3n) is 9.97. The first-order chi connectivity index (χ1) is 14.4. The normalized spacial score (nSPS) is 45.5. The van der Waals surface area contributed by atoms with Crippen LogP contribution in [0, 0.1) is 34.5 Å². The molecule has 0 spiro atoms. The van der Waals surface area contributed by atoms with E-state index in [0.29, 0.717) is 23.7 Å². The topological polar surface area (TPSA) is 45.4 Å². The van der Waals surface area contributed by atoms with E-state index in [0.717, 1.165) is 32.1 Å². The molecular weight excluding hydrogens is 370 g/mol. The Morgan fingerprint density at radius 1 is 1.03 bits per heavy atom. The van der Waals surface area contributed by atoms with Crippen LogP contribution in [0.2, 0.25) is 0 Å².